The van der Waals surface area contributed by atoms with Gasteiger partial charge in [0.25, 0.3) is 0 Å². The molecule has 3 nitrogen and oxygen atoms in total. The zero-order valence-electron chi connectivity index (χ0n) is 12.4. The van der Waals surface area contributed by atoms with Gasteiger partial charge in [-0.05, 0) is 42.7 Å². The van der Waals surface area contributed by atoms with Crippen LogP contribution in [0.15, 0.2) is 24.3 Å². The van der Waals surface area contributed by atoms with E-state index in [1.165, 1.54) is 11.1 Å². The topological polar surface area (TPSA) is 38.3 Å². The van der Waals surface area contributed by atoms with Crippen molar-refractivity contribution in [2.45, 2.75) is 39.0 Å². The van der Waals surface area contributed by atoms with Crippen LogP contribution in [-0.4, -0.2) is 25.7 Å². The third kappa shape index (κ3) is 4.97. The second-order valence-corrected chi connectivity index (χ2v) is 5.53. The number of carbonyl (C=O) groups excluding carboxylic acids is 1. The predicted molar refractivity (Wildman–Crippen MR) is 80.7 cm³/mol. The van der Waals surface area contributed by atoms with Crippen molar-refractivity contribution >= 4 is 5.91 Å². The first-order valence-electron chi connectivity index (χ1n) is 7.70. The lowest BCUT2D eigenvalue weighted by Crippen LogP contribution is -2.32. The van der Waals surface area contributed by atoms with Crippen LogP contribution in [0.2, 0.25) is 0 Å². The minimum absolute atomic E-state index is 0.163. The van der Waals surface area contributed by atoms with Crippen LogP contribution in [0.3, 0.4) is 0 Å². The Labute approximate surface area is 121 Å². The molecule has 1 aromatic rings. The molecule has 0 unspecified atom stereocenters. The van der Waals surface area contributed by atoms with Crippen molar-refractivity contribution in [3.05, 3.63) is 35.4 Å². The van der Waals surface area contributed by atoms with Gasteiger partial charge in [0.15, 0.2) is 0 Å². The molecule has 3 heteroatoms. The fraction of sp³-hybridized carbons (Fsp3) is 0.588. The van der Waals surface area contributed by atoms with Crippen molar-refractivity contribution in [3.63, 3.8) is 0 Å². The summed E-state index contributed by atoms with van der Waals surface area (Å²) in [6.45, 7) is 4.63. The molecule has 0 aromatic heterocycles. The first-order chi connectivity index (χ1) is 9.78. The zero-order chi connectivity index (χ0) is 14.2. The fourth-order valence-corrected chi connectivity index (χ4v) is 2.50. The summed E-state index contributed by atoms with van der Waals surface area (Å²) in [7, 11) is 0. The van der Waals surface area contributed by atoms with E-state index in [9.17, 15) is 4.79 Å². The van der Waals surface area contributed by atoms with Gasteiger partial charge in [-0.1, -0.05) is 31.2 Å². The highest BCUT2D eigenvalue weighted by Gasteiger charge is 2.14. The molecule has 0 spiro atoms. The largest absolute Gasteiger partial charge is 0.381 e. The molecule has 0 atom stereocenters. The molecule has 0 aliphatic carbocycles. The van der Waals surface area contributed by atoms with E-state index in [1.807, 2.05) is 0 Å². The summed E-state index contributed by atoms with van der Waals surface area (Å²) in [5, 5.41) is 3.05. The average Bonchev–Trinajstić information content (AvgIpc) is 2.52. The number of benzene rings is 1. The third-order valence-electron chi connectivity index (χ3n) is 4.00. The highest BCUT2D eigenvalue weighted by atomic mass is 16.5. The molecule has 1 saturated heterocycles. The Kier molecular flexibility index (Phi) is 6.06. The minimum Gasteiger partial charge on any atom is -0.381 e. The summed E-state index contributed by atoms with van der Waals surface area (Å²) in [5.41, 5.74) is 2.58. The Morgan fingerprint density at radius 3 is 2.50 bits per heavy atom. The van der Waals surface area contributed by atoms with Crippen LogP contribution in [0, 0.1) is 5.92 Å². The van der Waals surface area contributed by atoms with Gasteiger partial charge >= 0.3 is 0 Å². The maximum absolute atomic E-state index is 11.8. The Morgan fingerprint density at radius 2 is 1.85 bits per heavy atom. The van der Waals surface area contributed by atoms with Crippen LogP contribution >= 0.6 is 0 Å². The summed E-state index contributed by atoms with van der Waals surface area (Å²) in [6, 6.07) is 8.56. The molecule has 20 heavy (non-hydrogen) atoms. The van der Waals surface area contributed by atoms with Crippen molar-refractivity contribution in [2.75, 3.05) is 19.8 Å². The molecule has 1 aromatic carbocycles. The van der Waals surface area contributed by atoms with Crippen molar-refractivity contribution in [3.8, 4) is 0 Å². The molecule has 1 heterocycles. The predicted octanol–water partition coefficient (Wildman–Crippen LogP) is 2.72. The van der Waals surface area contributed by atoms with E-state index in [4.69, 9.17) is 4.74 Å². The van der Waals surface area contributed by atoms with Gasteiger partial charge in [0.05, 0.1) is 0 Å². The third-order valence-corrected chi connectivity index (χ3v) is 4.00. The first kappa shape index (κ1) is 15.0. The molecule has 1 aliphatic heterocycles. The molecule has 0 radical (unpaired) electrons. The van der Waals surface area contributed by atoms with E-state index < -0.39 is 0 Å². The number of ether oxygens (including phenoxy) is 1. The molecule has 1 amide bonds. The van der Waals surface area contributed by atoms with E-state index >= 15 is 0 Å². The summed E-state index contributed by atoms with van der Waals surface area (Å²) < 4.78 is 5.32. The maximum Gasteiger partial charge on any atom is 0.220 e. The molecule has 1 aliphatic rings. The molecular formula is C17H25NO2. The Bertz CT molecular complexity index is 408. The van der Waals surface area contributed by atoms with Crippen LogP contribution in [0.4, 0.5) is 0 Å². The zero-order valence-corrected chi connectivity index (χ0v) is 12.4. The number of rotatable bonds is 6. The number of carbonyl (C=O) groups is 1. The van der Waals surface area contributed by atoms with E-state index in [1.54, 1.807) is 0 Å². The molecule has 0 saturated carbocycles. The van der Waals surface area contributed by atoms with Gasteiger partial charge in [-0.15, -0.1) is 0 Å². The van der Waals surface area contributed by atoms with Gasteiger partial charge in [0, 0.05) is 26.2 Å². The number of amides is 1. The molecule has 1 fully saturated rings. The lowest BCUT2D eigenvalue weighted by molar-refractivity contribution is -0.121. The normalized spacial score (nSPS) is 16.1. The Morgan fingerprint density at radius 1 is 1.20 bits per heavy atom. The standard InChI is InChI=1S/C17H25NO2/c1-2-14-3-5-15(6-4-14)7-8-17(19)18-13-16-9-11-20-12-10-16/h3-6,16H,2,7-13H2,1H3,(H,18,19). The van der Waals surface area contributed by atoms with Gasteiger partial charge in [-0.2, -0.15) is 0 Å². The van der Waals surface area contributed by atoms with E-state index in [0.29, 0.717) is 12.3 Å². The van der Waals surface area contributed by atoms with Gasteiger partial charge in [-0.25, -0.2) is 0 Å². The van der Waals surface area contributed by atoms with Gasteiger partial charge < -0.3 is 10.1 Å². The summed E-state index contributed by atoms with van der Waals surface area (Å²) in [4.78, 5) is 11.8. The monoisotopic (exact) mass is 275 g/mol. The first-order valence-corrected chi connectivity index (χ1v) is 7.70. The second-order valence-electron chi connectivity index (χ2n) is 5.53. The van der Waals surface area contributed by atoms with Crippen LogP contribution in [0.1, 0.15) is 37.3 Å². The summed E-state index contributed by atoms with van der Waals surface area (Å²) in [6.07, 6.45) is 4.60. The van der Waals surface area contributed by atoms with Crippen LogP contribution in [0.25, 0.3) is 0 Å². The van der Waals surface area contributed by atoms with Gasteiger partial charge in [-0.3, -0.25) is 4.79 Å². The lowest BCUT2D eigenvalue weighted by Gasteiger charge is -2.22. The summed E-state index contributed by atoms with van der Waals surface area (Å²) >= 11 is 0. The fourth-order valence-electron chi connectivity index (χ4n) is 2.50. The van der Waals surface area contributed by atoms with Crippen molar-refractivity contribution in [2.24, 2.45) is 5.92 Å². The average molecular weight is 275 g/mol. The highest BCUT2D eigenvalue weighted by Crippen LogP contribution is 2.13. The second kappa shape index (κ2) is 8.05. The Balaban J connectivity index is 1.66. The van der Waals surface area contributed by atoms with Gasteiger partial charge in [0.1, 0.15) is 0 Å². The minimum atomic E-state index is 0.163. The van der Waals surface area contributed by atoms with E-state index in [2.05, 4.69) is 36.5 Å². The smallest absolute Gasteiger partial charge is 0.220 e. The van der Waals surface area contributed by atoms with Crippen molar-refractivity contribution in [1.29, 1.82) is 0 Å². The van der Waals surface area contributed by atoms with Gasteiger partial charge in [0.2, 0.25) is 5.91 Å². The molecule has 0 bridgehead atoms. The van der Waals surface area contributed by atoms with Crippen LogP contribution < -0.4 is 5.32 Å². The van der Waals surface area contributed by atoms with Crippen molar-refractivity contribution in [1.82, 2.24) is 5.32 Å². The molecule has 2 rings (SSSR count). The molecule has 110 valence electrons. The van der Waals surface area contributed by atoms with Crippen LogP contribution in [-0.2, 0) is 22.4 Å². The van der Waals surface area contributed by atoms with E-state index in [0.717, 1.165) is 45.4 Å². The van der Waals surface area contributed by atoms with E-state index in [-0.39, 0.29) is 5.91 Å². The SMILES string of the molecule is CCc1ccc(CCC(=O)NCC2CCOCC2)cc1. The number of aryl methyl sites for hydroxylation is 2. The number of hydrogen-bond donors (Lipinski definition) is 1. The maximum atomic E-state index is 11.8. The number of nitrogens with one attached hydrogen (secondary N) is 1. The molecular weight excluding hydrogens is 250 g/mol. The van der Waals surface area contributed by atoms with Crippen molar-refractivity contribution < 1.29 is 9.53 Å². The quantitative estimate of drug-likeness (QED) is 0.867. The van der Waals surface area contributed by atoms with Crippen LogP contribution in [0.5, 0.6) is 0 Å². The summed E-state index contributed by atoms with van der Waals surface area (Å²) in [5.74, 6) is 0.757. The molecule has 1 N–H and O–H groups in total. The highest BCUT2D eigenvalue weighted by molar-refractivity contribution is 5.76. The Hall–Kier alpha value is -1.35. The lowest BCUT2D eigenvalue weighted by atomic mass is 10.0. The number of hydrogen-bond acceptors (Lipinski definition) is 2.